The Bertz CT molecular complexity index is 951. The largest absolute Gasteiger partial charge is 0.473 e. The molecule has 0 radical (unpaired) electrons. The van der Waals surface area contributed by atoms with Crippen LogP contribution >= 0.6 is 7.82 Å². The fourth-order valence-corrected chi connectivity index (χ4v) is 4.17. The van der Waals surface area contributed by atoms with E-state index >= 15 is 0 Å². The highest BCUT2D eigenvalue weighted by atomic mass is 31.2. The summed E-state index contributed by atoms with van der Waals surface area (Å²) in [6.07, 6.45) is -2.26. The molecule has 2 aliphatic rings. The Labute approximate surface area is 151 Å². The molecule has 2 aromatic heterocycles. The highest BCUT2D eigenvalue weighted by Crippen LogP contribution is 2.58. The highest BCUT2D eigenvalue weighted by Gasteiger charge is 2.57. The van der Waals surface area contributed by atoms with Gasteiger partial charge in [-0.3, -0.25) is 19.0 Å². The lowest BCUT2D eigenvalue weighted by molar-refractivity contribution is -0.0589. The number of hydrogen-bond donors (Lipinski definition) is 4. The van der Waals surface area contributed by atoms with Gasteiger partial charge < -0.3 is 14.7 Å². The number of aromatic nitrogens is 4. The van der Waals surface area contributed by atoms with Crippen LogP contribution in [0.15, 0.2) is 16.5 Å². The van der Waals surface area contributed by atoms with E-state index < -0.39 is 39.0 Å². The van der Waals surface area contributed by atoms with Gasteiger partial charge in [0.05, 0.1) is 12.9 Å². The van der Waals surface area contributed by atoms with Gasteiger partial charge in [-0.05, 0) is 0 Å². The van der Waals surface area contributed by atoms with E-state index in [2.05, 4.69) is 49.4 Å². The predicted octanol–water partition coefficient (Wildman–Crippen LogP) is -0.345. The number of fused-ring (bicyclic) bond motifs is 2. The van der Waals surface area contributed by atoms with Crippen molar-refractivity contribution in [3.8, 4) is 0 Å². The summed E-state index contributed by atoms with van der Waals surface area (Å²) in [4.78, 5) is 22.3. The molecule has 5 atom stereocenters. The summed E-state index contributed by atoms with van der Waals surface area (Å²) in [7, 11) is -4.24. The molecule has 4 N–H and O–H groups in total. The van der Waals surface area contributed by atoms with Gasteiger partial charge in [0.1, 0.15) is 18.3 Å². The number of ether oxygens (including phenoxy) is 1. The molecule has 15 heteroatoms. The number of hydrogen-bond acceptors (Lipinski definition) is 12. The Kier molecular flexibility index (Phi) is 4.38. The molecule has 2 aliphatic heterocycles. The van der Waals surface area contributed by atoms with Crippen molar-refractivity contribution < 1.29 is 28.3 Å². The number of imidazole rings is 1. The summed E-state index contributed by atoms with van der Waals surface area (Å²) >= 11 is 0. The average Bonchev–Trinajstić information content (AvgIpc) is 3.26. The maximum Gasteiger partial charge on any atom is 0.473 e. The SMILES string of the molecule is C=NNc1nc(NN=C)c2ncn([C@@H]3O[C@H](CO)C4OP(=O)(O)OC43)c2n1. The van der Waals surface area contributed by atoms with Gasteiger partial charge in [-0.15, -0.1) is 0 Å². The van der Waals surface area contributed by atoms with E-state index in [9.17, 15) is 14.6 Å². The van der Waals surface area contributed by atoms with Crippen LogP contribution in [0, 0.1) is 0 Å². The van der Waals surface area contributed by atoms with Crippen LogP contribution in [-0.2, 0) is 18.3 Å². The predicted molar refractivity (Wildman–Crippen MR) is 92.2 cm³/mol. The fraction of sp³-hybridized carbons (Fsp3) is 0.417. The number of phosphoric ester groups is 1. The van der Waals surface area contributed by atoms with Crippen molar-refractivity contribution in [1.29, 1.82) is 0 Å². The van der Waals surface area contributed by atoms with Crippen molar-refractivity contribution >= 4 is 44.2 Å². The molecule has 0 aromatic carbocycles. The van der Waals surface area contributed by atoms with Crippen LogP contribution in [0.2, 0.25) is 0 Å². The lowest BCUT2D eigenvalue weighted by Gasteiger charge is -2.18. The van der Waals surface area contributed by atoms with Crippen LogP contribution in [0.25, 0.3) is 11.2 Å². The molecular weight excluding hydrogens is 383 g/mol. The Morgan fingerprint density at radius 1 is 1.26 bits per heavy atom. The maximum atomic E-state index is 11.8. The quantitative estimate of drug-likeness (QED) is 0.284. The van der Waals surface area contributed by atoms with E-state index in [1.54, 1.807) is 0 Å². The number of nitrogens with zero attached hydrogens (tertiary/aromatic N) is 6. The summed E-state index contributed by atoms with van der Waals surface area (Å²) in [6, 6.07) is 0. The van der Waals surface area contributed by atoms with Crippen LogP contribution < -0.4 is 10.9 Å². The van der Waals surface area contributed by atoms with Crippen molar-refractivity contribution in [1.82, 2.24) is 19.5 Å². The van der Waals surface area contributed by atoms with Gasteiger partial charge in [0.25, 0.3) is 0 Å². The second-order valence-corrected chi connectivity index (χ2v) is 6.97. The lowest BCUT2D eigenvalue weighted by atomic mass is 10.1. The minimum atomic E-state index is -4.24. The molecule has 0 amide bonds. The molecular formula is C12H15N8O6P. The molecule has 2 saturated heterocycles. The average molecular weight is 398 g/mol. The highest BCUT2D eigenvalue weighted by molar-refractivity contribution is 7.47. The smallest absolute Gasteiger partial charge is 0.394 e. The van der Waals surface area contributed by atoms with E-state index in [0.29, 0.717) is 5.52 Å². The normalized spacial score (nSPS) is 32.4. The molecule has 14 nitrogen and oxygen atoms in total. The zero-order chi connectivity index (χ0) is 19.2. The number of nitrogens with one attached hydrogen (secondary N) is 2. The standard InChI is InChI=1S/C12H15N8O6P/c1-13-18-9-6-10(17-12(16-9)19-14-2)20(4-15-6)11-8-7(5(3-21)24-11)25-27(22,23)26-8/h4-5,7-8,11,21H,1-3H2,(H,22,23)(H2,16,17,18,19)/t5-,7?,8?,11-/m1/s1. The number of anilines is 2. The van der Waals surface area contributed by atoms with Crippen molar-refractivity contribution in [2.24, 2.45) is 10.2 Å². The molecule has 27 heavy (non-hydrogen) atoms. The van der Waals surface area contributed by atoms with Crippen LogP contribution in [0.4, 0.5) is 11.8 Å². The van der Waals surface area contributed by atoms with Crippen molar-refractivity contribution in [3.63, 3.8) is 0 Å². The summed E-state index contributed by atoms with van der Waals surface area (Å²) in [5.74, 6) is 0.333. The Morgan fingerprint density at radius 2 is 2.00 bits per heavy atom. The maximum absolute atomic E-state index is 11.8. The molecule has 3 unspecified atom stereocenters. The number of rotatable bonds is 6. The zero-order valence-corrected chi connectivity index (χ0v) is 14.6. The summed E-state index contributed by atoms with van der Waals surface area (Å²) in [5.41, 5.74) is 5.72. The number of phosphoric acid groups is 1. The van der Waals surface area contributed by atoms with Gasteiger partial charge in [-0.2, -0.15) is 20.2 Å². The van der Waals surface area contributed by atoms with E-state index in [1.165, 1.54) is 10.9 Å². The van der Waals surface area contributed by atoms with Gasteiger partial charge in [0.15, 0.2) is 23.2 Å². The van der Waals surface area contributed by atoms with Crippen LogP contribution in [-0.4, -0.2) is 67.9 Å². The topological polar surface area (TPSA) is 178 Å². The second kappa shape index (κ2) is 6.60. The molecule has 4 rings (SSSR count). The van der Waals surface area contributed by atoms with Gasteiger partial charge in [-0.25, -0.2) is 15.0 Å². The fourth-order valence-electron chi connectivity index (χ4n) is 3.03. The summed E-state index contributed by atoms with van der Waals surface area (Å²) in [6.45, 7) is 6.23. The number of aliphatic hydroxyl groups is 1. The van der Waals surface area contributed by atoms with Gasteiger partial charge in [0, 0.05) is 13.4 Å². The third kappa shape index (κ3) is 2.97. The number of aliphatic hydroxyl groups excluding tert-OH is 1. The van der Waals surface area contributed by atoms with Crippen molar-refractivity contribution in [3.05, 3.63) is 6.33 Å². The van der Waals surface area contributed by atoms with Crippen LogP contribution in [0.5, 0.6) is 0 Å². The van der Waals surface area contributed by atoms with Crippen LogP contribution in [0.1, 0.15) is 6.23 Å². The monoisotopic (exact) mass is 398 g/mol. The van der Waals surface area contributed by atoms with Gasteiger partial charge in [-0.1, -0.05) is 0 Å². The molecule has 144 valence electrons. The van der Waals surface area contributed by atoms with E-state index in [4.69, 9.17) is 13.8 Å². The summed E-state index contributed by atoms with van der Waals surface area (Å²) in [5, 5.41) is 16.6. The summed E-state index contributed by atoms with van der Waals surface area (Å²) < 4.78 is 29.2. The third-order valence-electron chi connectivity index (χ3n) is 4.03. The first-order valence-electron chi connectivity index (χ1n) is 7.61. The number of hydrazone groups is 2. The lowest BCUT2D eigenvalue weighted by Crippen LogP contribution is -2.30. The van der Waals surface area contributed by atoms with Crippen molar-refractivity contribution in [2.75, 3.05) is 17.5 Å². The molecule has 2 fully saturated rings. The molecule has 4 heterocycles. The molecule has 0 saturated carbocycles. The van der Waals surface area contributed by atoms with E-state index in [1.807, 2.05) is 0 Å². The second-order valence-electron chi connectivity index (χ2n) is 5.62. The first-order valence-corrected chi connectivity index (χ1v) is 9.11. The molecule has 2 aromatic rings. The minimum Gasteiger partial charge on any atom is -0.394 e. The minimum absolute atomic E-state index is 0.0927. The van der Waals surface area contributed by atoms with E-state index in [-0.39, 0.29) is 17.4 Å². The Hall–Kier alpha value is -2.48. The van der Waals surface area contributed by atoms with Gasteiger partial charge in [0.2, 0.25) is 5.95 Å². The Balaban J connectivity index is 1.80. The molecule has 0 bridgehead atoms. The van der Waals surface area contributed by atoms with Gasteiger partial charge >= 0.3 is 7.82 Å². The molecule has 0 spiro atoms. The third-order valence-corrected chi connectivity index (χ3v) is 5.05. The zero-order valence-electron chi connectivity index (χ0n) is 13.7. The van der Waals surface area contributed by atoms with Crippen LogP contribution in [0.3, 0.4) is 0 Å². The Morgan fingerprint density at radius 3 is 2.70 bits per heavy atom. The van der Waals surface area contributed by atoms with E-state index in [0.717, 1.165) is 0 Å². The van der Waals surface area contributed by atoms with Crippen molar-refractivity contribution in [2.45, 2.75) is 24.5 Å². The molecule has 0 aliphatic carbocycles. The first-order chi connectivity index (χ1) is 13.0. The first kappa shape index (κ1) is 17.9.